The van der Waals surface area contributed by atoms with Gasteiger partial charge in [-0.25, -0.2) is 0 Å². The molecule has 0 saturated heterocycles. The maximum absolute atomic E-state index is 12.7. The molecule has 2 aromatic rings. The highest BCUT2D eigenvalue weighted by molar-refractivity contribution is 9.10. The average molecular weight is 430 g/mol. The van der Waals surface area contributed by atoms with Crippen LogP contribution < -0.4 is 14.8 Å². The van der Waals surface area contributed by atoms with E-state index in [-0.39, 0.29) is 18.9 Å². The number of rotatable bonds is 4. The Bertz CT molecular complexity index is 824. The average Bonchev–Trinajstić information content (AvgIpc) is 2.60. The lowest BCUT2D eigenvalue weighted by Gasteiger charge is -2.19. The Labute approximate surface area is 156 Å². The number of nitrogens with one attached hydrogen (secondary N) is 1. The molecule has 3 rings (SSSR count). The number of halogens is 4. The van der Waals surface area contributed by atoms with Gasteiger partial charge in [-0.15, -0.1) is 0 Å². The van der Waals surface area contributed by atoms with Crippen LogP contribution in [-0.4, -0.2) is 19.1 Å². The molecule has 138 valence electrons. The molecule has 0 saturated carbocycles. The van der Waals surface area contributed by atoms with Crippen molar-refractivity contribution in [1.29, 1.82) is 0 Å². The van der Waals surface area contributed by atoms with E-state index in [1.807, 2.05) is 0 Å². The van der Waals surface area contributed by atoms with Crippen LogP contribution in [0.4, 0.5) is 13.2 Å². The number of hydrogen-bond acceptors (Lipinski definition) is 3. The lowest BCUT2D eigenvalue weighted by Crippen LogP contribution is -2.25. The van der Waals surface area contributed by atoms with Gasteiger partial charge < -0.3 is 14.8 Å². The molecule has 0 radical (unpaired) electrons. The van der Waals surface area contributed by atoms with Crippen LogP contribution in [0.3, 0.4) is 0 Å². The van der Waals surface area contributed by atoms with Crippen LogP contribution in [-0.2, 0) is 23.9 Å². The van der Waals surface area contributed by atoms with Crippen LogP contribution in [0.2, 0.25) is 0 Å². The lowest BCUT2D eigenvalue weighted by molar-refractivity contribution is -0.137. The molecule has 0 spiro atoms. The molecule has 0 aliphatic carbocycles. The van der Waals surface area contributed by atoms with Crippen molar-refractivity contribution in [1.82, 2.24) is 5.32 Å². The quantitative estimate of drug-likeness (QED) is 0.795. The largest absolute Gasteiger partial charge is 0.486 e. The van der Waals surface area contributed by atoms with Crippen LogP contribution in [0, 0.1) is 0 Å². The normalized spacial score (nSPS) is 13.4. The maximum atomic E-state index is 12.7. The van der Waals surface area contributed by atoms with Crippen molar-refractivity contribution in [2.45, 2.75) is 19.1 Å². The Morgan fingerprint density at radius 2 is 1.81 bits per heavy atom. The third-order valence-electron chi connectivity index (χ3n) is 3.81. The molecule has 26 heavy (non-hydrogen) atoms. The van der Waals surface area contributed by atoms with E-state index in [9.17, 15) is 18.0 Å². The van der Waals surface area contributed by atoms with Gasteiger partial charge in [0.1, 0.15) is 13.2 Å². The second-order valence-electron chi connectivity index (χ2n) is 5.74. The highest BCUT2D eigenvalue weighted by Crippen LogP contribution is 2.35. The first-order valence-electron chi connectivity index (χ1n) is 7.84. The van der Waals surface area contributed by atoms with Crippen molar-refractivity contribution in [3.63, 3.8) is 0 Å². The van der Waals surface area contributed by atoms with Crippen LogP contribution in [0.15, 0.2) is 40.9 Å². The van der Waals surface area contributed by atoms with E-state index in [0.29, 0.717) is 40.3 Å². The smallest absolute Gasteiger partial charge is 0.416 e. The Balaban J connectivity index is 1.63. The SMILES string of the molecule is O=C(Cc1cc2c(cc1Br)OCCO2)NCc1cccc(C(F)(F)F)c1. The molecule has 0 unspecified atom stereocenters. The fourth-order valence-electron chi connectivity index (χ4n) is 2.54. The lowest BCUT2D eigenvalue weighted by atomic mass is 10.1. The summed E-state index contributed by atoms with van der Waals surface area (Å²) < 4.78 is 49.8. The van der Waals surface area contributed by atoms with Crippen LogP contribution in [0.1, 0.15) is 16.7 Å². The summed E-state index contributed by atoms with van der Waals surface area (Å²) in [7, 11) is 0. The molecular weight excluding hydrogens is 415 g/mol. The van der Waals surface area contributed by atoms with Gasteiger partial charge in [-0.2, -0.15) is 13.2 Å². The predicted molar refractivity (Wildman–Crippen MR) is 92.1 cm³/mol. The highest BCUT2D eigenvalue weighted by Gasteiger charge is 2.30. The standard InChI is InChI=1S/C18H15BrF3NO3/c19-14-9-16-15(25-4-5-26-16)7-12(14)8-17(24)23-10-11-2-1-3-13(6-11)18(20,21)22/h1-3,6-7,9H,4-5,8,10H2,(H,23,24). The zero-order valence-electron chi connectivity index (χ0n) is 13.5. The first kappa shape index (κ1) is 18.6. The minimum Gasteiger partial charge on any atom is -0.486 e. The molecule has 0 fully saturated rings. The number of amides is 1. The van der Waals surface area contributed by atoms with E-state index < -0.39 is 11.7 Å². The number of carbonyl (C=O) groups excluding carboxylic acids is 1. The number of ether oxygens (including phenoxy) is 2. The molecule has 1 N–H and O–H groups in total. The number of carbonyl (C=O) groups is 1. The van der Waals surface area contributed by atoms with Crippen molar-refractivity contribution in [2.24, 2.45) is 0 Å². The molecule has 8 heteroatoms. The van der Waals surface area contributed by atoms with Crippen LogP contribution in [0.25, 0.3) is 0 Å². The van der Waals surface area contributed by atoms with E-state index >= 15 is 0 Å². The number of alkyl halides is 3. The molecule has 1 heterocycles. The monoisotopic (exact) mass is 429 g/mol. The van der Waals surface area contributed by atoms with E-state index in [0.717, 1.165) is 12.1 Å². The van der Waals surface area contributed by atoms with Gasteiger partial charge >= 0.3 is 6.18 Å². The van der Waals surface area contributed by atoms with Gasteiger partial charge in [0.2, 0.25) is 5.91 Å². The van der Waals surface area contributed by atoms with Gasteiger partial charge in [-0.3, -0.25) is 4.79 Å². The molecule has 4 nitrogen and oxygen atoms in total. The summed E-state index contributed by atoms with van der Waals surface area (Å²) in [4.78, 5) is 12.2. The van der Waals surface area contributed by atoms with E-state index in [1.165, 1.54) is 12.1 Å². The topological polar surface area (TPSA) is 47.6 Å². The van der Waals surface area contributed by atoms with Gasteiger partial charge in [-0.05, 0) is 35.4 Å². The molecule has 1 amide bonds. The third kappa shape index (κ3) is 4.49. The molecule has 2 aromatic carbocycles. The minimum absolute atomic E-state index is 0.0188. The van der Waals surface area contributed by atoms with Gasteiger partial charge in [0.15, 0.2) is 11.5 Å². The summed E-state index contributed by atoms with van der Waals surface area (Å²) in [5, 5.41) is 2.63. The fourth-order valence-corrected chi connectivity index (χ4v) is 3.00. The molecule has 1 aliphatic rings. The van der Waals surface area contributed by atoms with Crippen LogP contribution in [0.5, 0.6) is 11.5 Å². The Kier molecular flexibility index (Phi) is 5.41. The zero-order chi connectivity index (χ0) is 18.7. The molecule has 0 aromatic heterocycles. The molecule has 0 atom stereocenters. The minimum atomic E-state index is -4.41. The van der Waals surface area contributed by atoms with Crippen molar-refractivity contribution in [3.8, 4) is 11.5 Å². The Hall–Kier alpha value is -2.22. The van der Waals surface area contributed by atoms with Crippen molar-refractivity contribution >= 4 is 21.8 Å². The summed E-state index contributed by atoms with van der Waals surface area (Å²) >= 11 is 3.39. The first-order chi connectivity index (χ1) is 12.3. The third-order valence-corrected chi connectivity index (χ3v) is 4.54. The maximum Gasteiger partial charge on any atom is 0.416 e. The first-order valence-corrected chi connectivity index (χ1v) is 8.63. The number of benzene rings is 2. The number of hydrogen-bond donors (Lipinski definition) is 1. The Morgan fingerprint density at radius 3 is 2.50 bits per heavy atom. The van der Waals surface area contributed by atoms with E-state index in [2.05, 4.69) is 21.2 Å². The summed E-state index contributed by atoms with van der Waals surface area (Å²) in [6, 6.07) is 8.35. The fraction of sp³-hybridized carbons (Fsp3) is 0.278. The predicted octanol–water partition coefficient (Wildman–Crippen LogP) is 4.10. The van der Waals surface area contributed by atoms with E-state index in [4.69, 9.17) is 9.47 Å². The molecule has 1 aliphatic heterocycles. The summed E-state index contributed by atoms with van der Waals surface area (Å²) in [5.74, 6) is 0.871. The van der Waals surface area contributed by atoms with Gasteiger partial charge in [0.05, 0.1) is 12.0 Å². The highest BCUT2D eigenvalue weighted by atomic mass is 79.9. The van der Waals surface area contributed by atoms with Gasteiger partial charge in [0.25, 0.3) is 0 Å². The van der Waals surface area contributed by atoms with Crippen LogP contribution >= 0.6 is 15.9 Å². The number of fused-ring (bicyclic) bond motifs is 1. The Morgan fingerprint density at radius 1 is 1.12 bits per heavy atom. The van der Waals surface area contributed by atoms with Gasteiger partial charge in [-0.1, -0.05) is 28.1 Å². The molecule has 0 bridgehead atoms. The van der Waals surface area contributed by atoms with Crippen molar-refractivity contribution in [3.05, 3.63) is 57.6 Å². The second-order valence-corrected chi connectivity index (χ2v) is 6.59. The molecular formula is C18H15BrF3NO3. The van der Waals surface area contributed by atoms with Crippen molar-refractivity contribution < 1.29 is 27.4 Å². The summed E-state index contributed by atoms with van der Waals surface area (Å²) in [6.07, 6.45) is -4.34. The van der Waals surface area contributed by atoms with Crippen molar-refractivity contribution in [2.75, 3.05) is 13.2 Å². The second kappa shape index (κ2) is 7.57. The zero-order valence-corrected chi connectivity index (χ0v) is 15.1. The van der Waals surface area contributed by atoms with Gasteiger partial charge in [0, 0.05) is 11.0 Å². The summed E-state index contributed by atoms with van der Waals surface area (Å²) in [6.45, 7) is 0.928. The summed E-state index contributed by atoms with van der Waals surface area (Å²) in [5.41, 5.74) is 0.351. The van der Waals surface area contributed by atoms with E-state index in [1.54, 1.807) is 12.1 Å².